The molecule has 0 unspecified atom stereocenters. The number of benzene rings is 1. The van der Waals surface area contributed by atoms with Crippen LogP contribution in [0.1, 0.15) is 24.8 Å². The van der Waals surface area contributed by atoms with E-state index in [9.17, 15) is 14.7 Å². The van der Waals surface area contributed by atoms with Crippen molar-refractivity contribution in [1.29, 1.82) is 0 Å². The largest absolute Gasteiger partial charge is 0.481 e. The molecule has 6 heteroatoms. The molecule has 3 rings (SSSR count). The van der Waals surface area contributed by atoms with E-state index in [2.05, 4.69) is 5.32 Å². The molecular weight excluding hydrogens is 316 g/mol. The predicted octanol–water partition coefficient (Wildman–Crippen LogP) is 1.91. The van der Waals surface area contributed by atoms with Gasteiger partial charge < -0.3 is 10.4 Å². The van der Waals surface area contributed by atoms with Crippen molar-refractivity contribution in [2.24, 2.45) is 11.3 Å². The van der Waals surface area contributed by atoms with E-state index in [-0.39, 0.29) is 24.2 Å². The number of likely N-dealkylation sites (tertiary alicyclic amines) is 1. The van der Waals surface area contributed by atoms with Gasteiger partial charge in [-0.3, -0.25) is 14.5 Å². The maximum Gasteiger partial charge on any atom is 0.311 e. The number of carbonyl (C=O) groups excluding carboxylic acids is 1. The maximum absolute atomic E-state index is 12.1. The normalized spacial score (nSPS) is 26.3. The van der Waals surface area contributed by atoms with Crippen molar-refractivity contribution in [3.8, 4) is 0 Å². The van der Waals surface area contributed by atoms with Crippen LogP contribution in [0.15, 0.2) is 30.3 Å². The van der Waals surface area contributed by atoms with Crippen molar-refractivity contribution in [3.05, 3.63) is 35.9 Å². The Morgan fingerprint density at radius 1 is 1.30 bits per heavy atom. The average Bonchev–Trinajstić information content (AvgIpc) is 3.04. The van der Waals surface area contributed by atoms with E-state index in [0.717, 1.165) is 31.4 Å². The number of rotatable bonds is 5. The second-order valence-electron chi connectivity index (χ2n) is 6.48. The van der Waals surface area contributed by atoms with Crippen LogP contribution < -0.4 is 5.32 Å². The summed E-state index contributed by atoms with van der Waals surface area (Å²) >= 11 is 0. The summed E-state index contributed by atoms with van der Waals surface area (Å²) in [6.45, 7) is 2.04. The Morgan fingerprint density at radius 3 is 2.70 bits per heavy atom. The van der Waals surface area contributed by atoms with Gasteiger partial charge in [0.25, 0.3) is 0 Å². The first-order valence-electron chi connectivity index (χ1n) is 7.86. The number of nitrogens with zero attached hydrogens (tertiary/aromatic N) is 1. The Kier molecular flexibility index (Phi) is 5.65. The van der Waals surface area contributed by atoms with Crippen molar-refractivity contribution in [3.63, 3.8) is 0 Å². The van der Waals surface area contributed by atoms with Gasteiger partial charge in [-0.05, 0) is 24.3 Å². The number of hydrogen-bond acceptors (Lipinski definition) is 3. The standard InChI is InChI=1S/C17H22N2O3.ClH/c20-15(18-9-13-5-2-1-3-6-13)11-19-10-14-7-4-8-17(14,12-19)16(21)22;/h1-3,5-6,14H,4,7-12H2,(H,18,20)(H,21,22);1H/t14-,17+;/m0./s1. The molecule has 1 heterocycles. The first kappa shape index (κ1) is 17.8. The van der Waals surface area contributed by atoms with E-state index in [4.69, 9.17) is 0 Å². The molecule has 1 amide bonds. The third kappa shape index (κ3) is 3.67. The molecular formula is C17H23ClN2O3. The van der Waals surface area contributed by atoms with E-state index < -0.39 is 11.4 Å². The van der Waals surface area contributed by atoms with Crippen LogP contribution in [0.5, 0.6) is 0 Å². The van der Waals surface area contributed by atoms with E-state index in [1.807, 2.05) is 35.2 Å². The Labute approximate surface area is 142 Å². The van der Waals surface area contributed by atoms with Crippen molar-refractivity contribution in [2.75, 3.05) is 19.6 Å². The van der Waals surface area contributed by atoms with Gasteiger partial charge in [0.15, 0.2) is 0 Å². The van der Waals surface area contributed by atoms with Crippen LogP contribution in [-0.4, -0.2) is 41.5 Å². The van der Waals surface area contributed by atoms with Crippen molar-refractivity contribution >= 4 is 24.3 Å². The molecule has 2 atom stereocenters. The summed E-state index contributed by atoms with van der Waals surface area (Å²) in [7, 11) is 0. The molecule has 0 aromatic heterocycles. The van der Waals surface area contributed by atoms with Crippen molar-refractivity contribution in [1.82, 2.24) is 10.2 Å². The predicted molar refractivity (Wildman–Crippen MR) is 89.4 cm³/mol. The van der Waals surface area contributed by atoms with Crippen LogP contribution in [0.3, 0.4) is 0 Å². The lowest BCUT2D eigenvalue weighted by Crippen LogP contribution is -2.39. The summed E-state index contributed by atoms with van der Waals surface area (Å²) in [6, 6.07) is 9.78. The smallest absolute Gasteiger partial charge is 0.311 e. The molecule has 2 fully saturated rings. The first-order valence-corrected chi connectivity index (χ1v) is 7.86. The van der Waals surface area contributed by atoms with Crippen LogP contribution in [-0.2, 0) is 16.1 Å². The Hall–Kier alpha value is -1.59. The number of aliphatic carboxylic acids is 1. The number of carbonyl (C=O) groups is 2. The molecule has 1 saturated heterocycles. The third-order valence-corrected chi connectivity index (χ3v) is 5.07. The van der Waals surface area contributed by atoms with E-state index in [1.54, 1.807) is 0 Å². The SMILES string of the molecule is Cl.O=C(CN1C[C@@H]2CCC[C@@]2(C(=O)O)C1)NCc1ccccc1. The average molecular weight is 339 g/mol. The molecule has 0 radical (unpaired) electrons. The third-order valence-electron chi connectivity index (χ3n) is 5.07. The summed E-state index contributed by atoms with van der Waals surface area (Å²) in [5.41, 5.74) is 0.454. The molecule has 23 heavy (non-hydrogen) atoms. The molecule has 2 N–H and O–H groups in total. The lowest BCUT2D eigenvalue weighted by Gasteiger charge is -2.23. The van der Waals surface area contributed by atoms with E-state index in [0.29, 0.717) is 19.6 Å². The van der Waals surface area contributed by atoms with Crippen LogP contribution in [0.4, 0.5) is 0 Å². The highest BCUT2D eigenvalue weighted by Gasteiger charge is 2.54. The van der Waals surface area contributed by atoms with Crippen molar-refractivity contribution in [2.45, 2.75) is 25.8 Å². The minimum Gasteiger partial charge on any atom is -0.481 e. The van der Waals surface area contributed by atoms with Gasteiger partial charge in [-0.2, -0.15) is 0 Å². The topological polar surface area (TPSA) is 69.6 Å². The van der Waals surface area contributed by atoms with Crippen LogP contribution >= 0.6 is 12.4 Å². The minimum atomic E-state index is -0.692. The monoisotopic (exact) mass is 338 g/mol. The number of carboxylic acids is 1. The van der Waals surface area contributed by atoms with Gasteiger partial charge in [-0.15, -0.1) is 12.4 Å². The van der Waals surface area contributed by atoms with Crippen LogP contribution in [0.25, 0.3) is 0 Å². The quantitative estimate of drug-likeness (QED) is 0.860. The highest BCUT2D eigenvalue weighted by Crippen LogP contribution is 2.48. The van der Waals surface area contributed by atoms with Gasteiger partial charge in [-0.1, -0.05) is 36.8 Å². The zero-order valence-electron chi connectivity index (χ0n) is 13.0. The molecule has 126 valence electrons. The highest BCUT2D eigenvalue weighted by atomic mass is 35.5. The first-order chi connectivity index (χ1) is 10.6. The second-order valence-corrected chi connectivity index (χ2v) is 6.48. The molecule has 2 aliphatic rings. The van der Waals surface area contributed by atoms with Gasteiger partial charge in [-0.25, -0.2) is 0 Å². The summed E-state index contributed by atoms with van der Waals surface area (Å²) in [5, 5.41) is 12.5. The van der Waals surface area contributed by atoms with Gasteiger partial charge in [0.1, 0.15) is 0 Å². The number of halogens is 1. The molecule has 1 saturated carbocycles. The Balaban J connectivity index is 0.00000192. The fourth-order valence-corrected chi connectivity index (χ4v) is 3.92. The number of nitrogens with one attached hydrogen (secondary N) is 1. The number of fused-ring (bicyclic) bond motifs is 1. The zero-order valence-corrected chi connectivity index (χ0v) is 13.8. The molecule has 0 spiro atoms. The lowest BCUT2D eigenvalue weighted by molar-refractivity contribution is -0.149. The van der Waals surface area contributed by atoms with Gasteiger partial charge >= 0.3 is 5.97 Å². The van der Waals surface area contributed by atoms with Gasteiger partial charge in [0.2, 0.25) is 5.91 Å². The fraction of sp³-hybridized carbons (Fsp3) is 0.529. The molecule has 1 aromatic carbocycles. The fourth-order valence-electron chi connectivity index (χ4n) is 3.92. The van der Waals surface area contributed by atoms with Crippen LogP contribution in [0.2, 0.25) is 0 Å². The minimum absolute atomic E-state index is 0. The molecule has 5 nitrogen and oxygen atoms in total. The van der Waals surface area contributed by atoms with Gasteiger partial charge in [0, 0.05) is 19.6 Å². The Bertz CT molecular complexity index is 566. The number of hydrogen-bond donors (Lipinski definition) is 2. The van der Waals surface area contributed by atoms with Crippen molar-refractivity contribution < 1.29 is 14.7 Å². The summed E-state index contributed by atoms with van der Waals surface area (Å²) in [5.74, 6) is -0.529. The molecule has 0 bridgehead atoms. The maximum atomic E-state index is 12.1. The zero-order chi connectivity index (χ0) is 15.6. The molecule has 1 aliphatic heterocycles. The summed E-state index contributed by atoms with van der Waals surface area (Å²) in [6.07, 6.45) is 2.70. The summed E-state index contributed by atoms with van der Waals surface area (Å²) in [4.78, 5) is 25.7. The van der Waals surface area contributed by atoms with E-state index >= 15 is 0 Å². The molecule has 1 aromatic rings. The summed E-state index contributed by atoms with van der Waals surface area (Å²) < 4.78 is 0. The lowest BCUT2D eigenvalue weighted by atomic mass is 9.81. The van der Waals surface area contributed by atoms with Gasteiger partial charge in [0.05, 0.1) is 12.0 Å². The molecule has 1 aliphatic carbocycles. The Morgan fingerprint density at radius 2 is 2.04 bits per heavy atom. The second kappa shape index (κ2) is 7.32. The highest BCUT2D eigenvalue weighted by molar-refractivity contribution is 5.85. The number of carboxylic acid groups (broad SMARTS) is 1. The van der Waals surface area contributed by atoms with E-state index in [1.165, 1.54) is 0 Å². The van der Waals surface area contributed by atoms with Crippen LogP contribution in [0, 0.1) is 11.3 Å². The number of amides is 1.